The van der Waals surface area contributed by atoms with Crippen LogP contribution in [0.4, 0.5) is 5.69 Å². The molecule has 0 bridgehead atoms. The lowest BCUT2D eigenvalue weighted by molar-refractivity contribution is -0.118. The van der Waals surface area contributed by atoms with E-state index in [4.69, 9.17) is 5.73 Å². The van der Waals surface area contributed by atoms with Crippen molar-refractivity contribution in [2.24, 2.45) is 5.73 Å². The third-order valence-electron chi connectivity index (χ3n) is 4.74. The van der Waals surface area contributed by atoms with Gasteiger partial charge in [-0.05, 0) is 35.9 Å². The molecule has 0 atom stereocenters. The molecule has 0 aromatic heterocycles. The second-order valence-corrected chi connectivity index (χ2v) is 8.94. The molecule has 0 heterocycles. The van der Waals surface area contributed by atoms with E-state index < -0.39 is 27.7 Å². The molecule has 0 aliphatic heterocycles. The monoisotopic (exact) mass is 472 g/mol. The minimum Gasteiger partial charge on any atom is -0.370 e. The van der Waals surface area contributed by atoms with E-state index in [0.717, 1.165) is 0 Å². The number of rotatable bonds is 11. The van der Waals surface area contributed by atoms with Crippen LogP contribution in [0.1, 0.15) is 36.2 Å². The number of nitrogens with two attached hydrogens (primary N) is 1. The number of benzene rings is 2. The van der Waals surface area contributed by atoms with E-state index in [-0.39, 0.29) is 23.4 Å². The minimum absolute atomic E-state index is 0.0119. The third kappa shape index (κ3) is 7.26. The standard InChI is InChI=1S/C23H28N4O5S/c1-3-27(4-2)33(31,32)18-12-9-17(10-13-18)11-14-22(29)26-20-8-6-5-7-19(20)23(30)25-16-15-21(24)28/h5-14H,3-4,15-16H2,1-2H3,(H2,24,28)(H,25,30)(H,26,29)/b14-11+. The lowest BCUT2D eigenvalue weighted by atomic mass is 10.1. The van der Waals surface area contributed by atoms with Gasteiger partial charge in [0.1, 0.15) is 0 Å². The van der Waals surface area contributed by atoms with E-state index in [2.05, 4.69) is 10.6 Å². The van der Waals surface area contributed by atoms with Crippen molar-refractivity contribution in [1.29, 1.82) is 0 Å². The molecule has 9 nitrogen and oxygen atoms in total. The van der Waals surface area contributed by atoms with Crippen molar-refractivity contribution >= 4 is 39.5 Å². The fraction of sp³-hybridized carbons (Fsp3) is 0.261. The molecule has 0 radical (unpaired) electrons. The second kappa shape index (κ2) is 11.9. The van der Waals surface area contributed by atoms with Crippen LogP contribution >= 0.6 is 0 Å². The first-order valence-electron chi connectivity index (χ1n) is 10.4. The summed E-state index contributed by atoms with van der Waals surface area (Å²) in [6.45, 7) is 4.41. The van der Waals surface area contributed by atoms with Crippen LogP contribution in [-0.4, -0.2) is 50.1 Å². The van der Waals surface area contributed by atoms with E-state index in [0.29, 0.717) is 24.3 Å². The Morgan fingerprint density at radius 2 is 1.64 bits per heavy atom. The number of hydrogen-bond donors (Lipinski definition) is 3. The fourth-order valence-corrected chi connectivity index (χ4v) is 4.45. The van der Waals surface area contributed by atoms with Gasteiger partial charge in [-0.15, -0.1) is 0 Å². The second-order valence-electron chi connectivity index (χ2n) is 7.00. The number of carbonyl (C=O) groups is 3. The Morgan fingerprint density at radius 1 is 1.00 bits per heavy atom. The first-order chi connectivity index (χ1) is 15.7. The van der Waals surface area contributed by atoms with Crippen molar-refractivity contribution < 1.29 is 22.8 Å². The lowest BCUT2D eigenvalue weighted by Crippen LogP contribution is -2.30. The van der Waals surface area contributed by atoms with Gasteiger partial charge in [0.25, 0.3) is 5.91 Å². The normalized spacial score (nSPS) is 11.5. The summed E-state index contributed by atoms with van der Waals surface area (Å²) in [6, 6.07) is 12.7. The molecule has 0 spiro atoms. The Morgan fingerprint density at radius 3 is 2.24 bits per heavy atom. The molecule has 0 unspecified atom stereocenters. The molecule has 0 aliphatic carbocycles. The molecule has 2 rings (SSSR count). The number of primary amides is 1. The summed E-state index contributed by atoms with van der Waals surface area (Å²) >= 11 is 0. The van der Waals surface area contributed by atoms with Crippen molar-refractivity contribution in [2.45, 2.75) is 25.2 Å². The number of amides is 3. The van der Waals surface area contributed by atoms with Gasteiger partial charge in [0.2, 0.25) is 21.8 Å². The predicted octanol–water partition coefficient (Wildman–Crippen LogP) is 1.97. The Hall–Kier alpha value is -3.50. The first kappa shape index (κ1) is 25.8. The SMILES string of the molecule is CCN(CC)S(=O)(=O)c1ccc(/C=C/C(=O)Nc2ccccc2C(=O)NCCC(N)=O)cc1. The van der Waals surface area contributed by atoms with Crippen molar-refractivity contribution in [3.05, 3.63) is 65.7 Å². The van der Waals surface area contributed by atoms with Gasteiger partial charge in [-0.25, -0.2) is 8.42 Å². The fourth-order valence-electron chi connectivity index (χ4n) is 2.99. The zero-order valence-electron chi connectivity index (χ0n) is 18.6. The summed E-state index contributed by atoms with van der Waals surface area (Å²) in [5.41, 5.74) is 6.26. The highest BCUT2D eigenvalue weighted by atomic mass is 32.2. The van der Waals surface area contributed by atoms with Gasteiger partial charge < -0.3 is 16.4 Å². The molecule has 10 heteroatoms. The summed E-state index contributed by atoms with van der Waals surface area (Å²) < 4.78 is 26.5. The number of sulfonamides is 1. The van der Waals surface area contributed by atoms with Gasteiger partial charge in [0.05, 0.1) is 16.1 Å². The first-order valence-corrected chi connectivity index (χ1v) is 11.9. The average Bonchev–Trinajstić information content (AvgIpc) is 2.78. The smallest absolute Gasteiger partial charge is 0.253 e. The third-order valence-corrected chi connectivity index (χ3v) is 6.80. The van der Waals surface area contributed by atoms with Crippen molar-refractivity contribution in [1.82, 2.24) is 9.62 Å². The maximum Gasteiger partial charge on any atom is 0.253 e. The lowest BCUT2D eigenvalue weighted by Gasteiger charge is -2.18. The maximum atomic E-state index is 12.5. The molecule has 0 aliphatic rings. The van der Waals surface area contributed by atoms with Crippen molar-refractivity contribution in [3.63, 3.8) is 0 Å². The molecule has 2 aromatic carbocycles. The summed E-state index contributed by atoms with van der Waals surface area (Å²) in [5.74, 6) is -1.44. The zero-order valence-corrected chi connectivity index (χ0v) is 19.4. The van der Waals surface area contributed by atoms with Crippen LogP contribution in [0, 0.1) is 0 Å². The van der Waals surface area contributed by atoms with Gasteiger partial charge >= 0.3 is 0 Å². The Labute approximate surface area is 193 Å². The van der Waals surface area contributed by atoms with Crippen LogP contribution in [0.15, 0.2) is 59.5 Å². The molecule has 176 valence electrons. The van der Waals surface area contributed by atoms with Crippen LogP contribution < -0.4 is 16.4 Å². The van der Waals surface area contributed by atoms with Gasteiger partial charge in [-0.3, -0.25) is 14.4 Å². The predicted molar refractivity (Wildman–Crippen MR) is 127 cm³/mol. The van der Waals surface area contributed by atoms with E-state index in [9.17, 15) is 22.8 Å². The topological polar surface area (TPSA) is 139 Å². The largest absolute Gasteiger partial charge is 0.370 e. The van der Waals surface area contributed by atoms with E-state index >= 15 is 0 Å². The van der Waals surface area contributed by atoms with Crippen LogP contribution in [0.3, 0.4) is 0 Å². The number of hydrogen-bond acceptors (Lipinski definition) is 5. The van der Waals surface area contributed by atoms with Gasteiger partial charge in [-0.2, -0.15) is 4.31 Å². The van der Waals surface area contributed by atoms with Gasteiger partial charge in [0.15, 0.2) is 0 Å². The average molecular weight is 473 g/mol. The highest BCUT2D eigenvalue weighted by Crippen LogP contribution is 2.18. The number of nitrogens with one attached hydrogen (secondary N) is 2. The molecule has 0 saturated carbocycles. The van der Waals surface area contributed by atoms with Crippen LogP contribution in [0.5, 0.6) is 0 Å². The van der Waals surface area contributed by atoms with Gasteiger partial charge in [-0.1, -0.05) is 38.1 Å². The highest BCUT2D eigenvalue weighted by molar-refractivity contribution is 7.89. The van der Waals surface area contributed by atoms with E-state index in [1.165, 1.54) is 22.5 Å². The van der Waals surface area contributed by atoms with Gasteiger partial charge in [0, 0.05) is 32.1 Å². The minimum atomic E-state index is -3.55. The summed E-state index contributed by atoms with van der Waals surface area (Å²) in [7, 11) is -3.55. The number of nitrogens with zero attached hydrogens (tertiary/aromatic N) is 1. The Kier molecular flexibility index (Phi) is 9.31. The quantitative estimate of drug-likeness (QED) is 0.429. The molecule has 4 N–H and O–H groups in total. The number of carbonyl (C=O) groups excluding carboxylic acids is 3. The van der Waals surface area contributed by atoms with E-state index in [1.54, 1.807) is 56.3 Å². The summed E-state index contributed by atoms with van der Waals surface area (Å²) in [6.07, 6.45) is 2.84. The molecule has 0 fully saturated rings. The molecule has 3 amide bonds. The number of anilines is 1. The van der Waals surface area contributed by atoms with Crippen molar-refractivity contribution in [3.8, 4) is 0 Å². The Balaban J connectivity index is 2.06. The van der Waals surface area contributed by atoms with E-state index in [1.807, 2.05) is 0 Å². The molecular formula is C23H28N4O5S. The molecular weight excluding hydrogens is 444 g/mol. The molecule has 0 saturated heterocycles. The van der Waals surface area contributed by atoms with Crippen LogP contribution in [0.2, 0.25) is 0 Å². The summed E-state index contributed by atoms with van der Waals surface area (Å²) in [5, 5.41) is 5.22. The van der Waals surface area contributed by atoms with Crippen LogP contribution in [0.25, 0.3) is 6.08 Å². The maximum absolute atomic E-state index is 12.5. The van der Waals surface area contributed by atoms with Crippen molar-refractivity contribution in [2.75, 3.05) is 25.0 Å². The summed E-state index contributed by atoms with van der Waals surface area (Å²) in [4.78, 5) is 35.7. The number of para-hydroxylation sites is 1. The highest BCUT2D eigenvalue weighted by Gasteiger charge is 2.21. The molecule has 2 aromatic rings. The zero-order chi connectivity index (χ0) is 24.4. The molecule has 33 heavy (non-hydrogen) atoms. The van der Waals surface area contributed by atoms with Crippen LogP contribution in [-0.2, 0) is 19.6 Å². The Bertz CT molecular complexity index is 1120.